The molecule has 0 aliphatic heterocycles. The van der Waals surface area contributed by atoms with Crippen molar-refractivity contribution in [2.45, 2.75) is 77.8 Å². The first-order chi connectivity index (χ1) is 13.5. The summed E-state index contributed by atoms with van der Waals surface area (Å²) in [7, 11) is 0. The molecule has 1 heterocycles. The maximum atomic E-state index is 13.2. The van der Waals surface area contributed by atoms with Crippen LogP contribution in [0.4, 0.5) is 0 Å². The Kier molecular flexibility index (Phi) is 4.33. The fourth-order valence-electron chi connectivity index (χ4n) is 5.84. The minimum atomic E-state index is 0.0552. The molecule has 4 nitrogen and oxygen atoms in total. The first kappa shape index (κ1) is 18.0. The molecule has 1 aromatic heterocycles. The zero-order chi connectivity index (χ0) is 19.3. The maximum Gasteiger partial charge on any atom is 0.272 e. The molecule has 3 atom stereocenters. The van der Waals surface area contributed by atoms with E-state index in [0.717, 1.165) is 38.1 Å². The molecule has 148 valence electrons. The number of aromatic nitrogens is 2. The molecule has 4 heteroatoms. The molecule has 1 N–H and O–H groups in total. The van der Waals surface area contributed by atoms with Crippen molar-refractivity contribution in [1.29, 1.82) is 0 Å². The van der Waals surface area contributed by atoms with E-state index >= 15 is 0 Å². The number of amides is 1. The second-order valence-electron chi connectivity index (χ2n) is 9.65. The predicted molar refractivity (Wildman–Crippen MR) is 110 cm³/mol. The molecule has 0 radical (unpaired) electrons. The first-order valence-corrected chi connectivity index (χ1v) is 11.0. The van der Waals surface area contributed by atoms with Crippen molar-refractivity contribution in [3.8, 4) is 0 Å². The fraction of sp³-hybridized carbons (Fsp3) is 0.583. The van der Waals surface area contributed by atoms with Crippen molar-refractivity contribution in [2.24, 2.45) is 11.3 Å². The lowest BCUT2D eigenvalue weighted by atomic mass is 9.82. The summed E-state index contributed by atoms with van der Waals surface area (Å²) in [6.07, 6.45) is 9.38. The number of nitrogens with zero attached hydrogens (tertiary/aromatic N) is 2. The molecule has 2 aromatic rings. The molecule has 3 aliphatic carbocycles. The molecule has 2 fully saturated rings. The lowest BCUT2D eigenvalue weighted by Gasteiger charge is -2.32. The minimum Gasteiger partial charge on any atom is -0.347 e. The van der Waals surface area contributed by atoms with Crippen LogP contribution in [0.5, 0.6) is 0 Å². The summed E-state index contributed by atoms with van der Waals surface area (Å²) in [5.74, 6) is 0.864. The third-order valence-electron chi connectivity index (χ3n) is 7.52. The van der Waals surface area contributed by atoms with Crippen LogP contribution >= 0.6 is 0 Å². The number of aryl methyl sites for hydroxylation is 1. The number of hydrogen-bond acceptors (Lipinski definition) is 2. The number of fused-ring (bicyclic) bond motifs is 3. The van der Waals surface area contributed by atoms with Gasteiger partial charge in [0.25, 0.3) is 5.91 Å². The molecule has 2 saturated carbocycles. The van der Waals surface area contributed by atoms with Crippen molar-refractivity contribution in [3.05, 3.63) is 52.3 Å². The molecule has 28 heavy (non-hydrogen) atoms. The van der Waals surface area contributed by atoms with Crippen LogP contribution in [0.2, 0.25) is 0 Å². The van der Waals surface area contributed by atoms with Crippen LogP contribution < -0.4 is 5.32 Å². The Morgan fingerprint density at radius 3 is 2.75 bits per heavy atom. The zero-order valence-corrected chi connectivity index (χ0v) is 17.1. The fourth-order valence-corrected chi connectivity index (χ4v) is 5.84. The summed E-state index contributed by atoms with van der Waals surface area (Å²) >= 11 is 0. The average molecular weight is 378 g/mol. The molecule has 5 rings (SSSR count). The third kappa shape index (κ3) is 3.07. The van der Waals surface area contributed by atoms with Crippen molar-refractivity contribution in [1.82, 2.24) is 15.1 Å². The normalized spacial score (nSPS) is 28.4. The van der Waals surface area contributed by atoms with Gasteiger partial charge in [0.2, 0.25) is 0 Å². The zero-order valence-electron chi connectivity index (χ0n) is 17.1. The lowest BCUT2D eigenvalue weighted by molar-refractivity contribution is 0.0888. The van der Waals surface area contributed by atoms with Gasteiger partial charge in [0.15, 0.2) is 5.69 Å². The summed E-state index contributed by atoms with van der Waals surface area (Å²) in [6.45, 7) is 5.22. The standard InChI is InChI=1S/C24H31N3O/c1-16-7-9-17(10-8-16)15-27-20-6-4-3-5-19(20)22(26-27)23(28)25-21-13-18-11-12-24(21,2)14-18/h7-10,18,21H,3-6,11-15H2,1-2H3,(H,25,28). The van der Waals surface area contributed by atoms with Crippen LogP contribution in [0.15, 0.2) is 24.3 Å². The van der Waals surface area contributed by atoms with Crippen molar-refractivity contribution < 1.29 is 4.79 Å². The number of rotatable bonds is 4. The Labute approximate surface area is 167 Å². The van der Waals surface area contributed by atoms with E-state index in [1.54, 1.807) is 0 Å². The van der Waals surface area contributed by atoms with Gasteiger partial charge in [0, 0.05) is 17.3 Å². The number of hydrogen-bond donors (Lipinski definition) is 1. The van der Waals surface area contributed by atoms with Gasteiger partial charge in [-0.15, -0.1) is 0 Å². The highest BCUT2D eigenvalue weighted by Crippen LogP contribution is 2.53. The van der Waals surface area contributed by atoms with E-state index in [4.69, 9.17) is 5.10 Å². The summed E-state index contributed by atoms with van der Waals surface area (Å²) in [6, 6.07) is 8.95. The number of nitrogens with one attached hydrogen (secondary N) is 1. The second kappa shape index (κ2) is 6.75. The molecule has 1 aromatic carbocycles. The monoisotopic (exact) mass is 377 g/mol. The number of carbonyl (C=O) groups is 1. The van der Waals surface area contributed by atoms with Gasteiger partial charge >= 0.3 is 0 Å². The Morgan fingerprint density at radius 1 is 1.25 bits per heavy atom. The number of benzene rings is 1. The Bertz CT molecular complexity index is 897. The molecule has 0 saturated heterocycles. The van der Waals surface area contributed by atoms with E-state index < -0.39 is 0 Å². The molecule has 3 unspecified atom stereocenters. The Morgan fingerprint density at radius 2 is 2.04 bits per heavy atom. The van der Waals surface area contributed by atoms with Crippen LogP contribution in [-0.4, -0.2) is 21.7 Å². The van der Waals surface area contributed by atoms with Crippen molar-refractivity contribution in [2.75, 3.05) is 0 Å². The van der Waals surface area contributed by atoms with Crippen molar-refractivity contribution >= 4 is 5.91 Å². The van der Waals surface area contributed by atoms with Gasteiger partial charge < -0.3 is 5.32 Å². The molecule has 0 spiro atoms. The summed E-state index contributed by atoms with van der Waals surface area (Å²) < 4.78 is 2.09. The third-order valence-corrected chi connectivity index (χ3v) is 7.52. The second-order valence-corrected chi connectivity index (χ2v) is 9.65. The number of carbonyl (C=O) groups excluding carboxylic acids is 1. The van der Waals surface area contributed by atoms with Gasteiger partial charge in [-0.3, -0.25) is 9.48 Å². The Hall–Kier alpha value is -2.10. The summed E-state index contributed by atoms with van der Waals surface area (Å²) in [5.41, 5.74) is 5.97. The molecule has 2 bridgehead atoms. The van der Waals surface area contributed by atoms with E-state index in [2.05, 4.69) is 48.1 Å². The van der Waals surface area contributed by atoms with E-state index in [9.17, 15) is 4.79 Å². The highest BCUT2D eigenvalue weighted by atomic mass is 16.2. The summed E-state index contributed by atoms with van der Waals surface area (Å²) in [5, 5.41) is 8.23. The highest BCUT2D eigenvalue weighted by molar-refractivity contribution is 5.94. The topological polar surface area (TPSA) is 46.9 Å². The SMILES string of the molecule is Cc1ccc(Cn2nc(C(=O)NC3CC4CCC3(C)C4)c3c2CCCC3)cc1. The smallest absolute Gasteiger partial charge is 0.272 e. The van der Waals surface area contributed by atoms with Gasteiger partial charge in [-0.1, -0.05) is 36.8 Å². The highest BCUT2D eigenvalue weighted by Gasteiger charge is 2.49. The van der Waals surface area contributed by atoms with Gasteiger partial charge in [-0.2, -0.15) is 5.10 Å². The predicted octanol–water partition coefficient (Wildman–Crippen LogP) is 4.43. The van der Waals surface area contributed by atoms with E-state index in [1.807, 2.05) is 0 Å². The van der Waals surface area contributed by atoms with Gasteiger partial charge in [0.05, 0.1) is 6.54 Å². The van der Waals surface area contributed by atoms with Crippen LogP contribution in [0.1, 0.15) is 78.3 Å². The summed E-state index contributed by atoms with van der Waals surface area (Å²) in [4.78, 5) is 13.2. The van der Waals surface area contributed by atoms with E-state index in [0.29, 0.717) is 17.2 Å². The van der Waals surface area contributed by atoms with E-state index in [1.165, 1.54) is 48.1 Å². The van der Waals surface area contributed by atoms with Gasteiger partial charge in [0.1, 0.15) is 0 Å². The van der Waals surface area contributed by atoms with Gasteiger partial charge in [-0.25, -0.2) is 0 Å². The van der Waals surface area contributed by atoms with Crippen LogP contribution in [-0.2, 0) is 19.4 Å². The minimum absolute atomic E-state index is 0.0552. The Balaban J connectivity index is 1.40. The quantitative estimate of drug-likeness (QED) is 0.857. The maximum absolute atomic E-state index is 13.2. The molecular weight excluding hydrogens is 346 g/mol. The lowest BCUT2D eigenvalue weighted by Crippen LogP contribution is -2.44. The van der Waals surface area contributed by atoms with E-state index in [-0.39, 0.29) is 5.91 Å². The van der Waals surface area contributed by atoms with Crippen LogP contribution in [0.3, 0.4) is 0 Å². The van der Waals surface area contributed by atoms with Crippen LogP contribution in [0, 0.1) is 18.3 Å². The molecule has 3 aliphatic rings. The van der Waals surface area contributed by atoms with Crippen molar-refractivity contribution in [3.63, 3.8) is 0 Å². The molecule has 1 amide bonds. The van der Waals surface area contributed by atoms with Crippen LogP contribution in [0.25, 0.3) is 0 Å². The first-order valence-electron chi connectivity index (χ1n) is 11.0. The van der Waals surface area contributed by atoms with Gasteiger partial charge in [-0.05, 0) is 75.2 Å². The average Bonchev–Trinajstić information content (AvgIpc) is 3.34. The largest absolute Gasteiger partial charge is 0.347 e. The molecular formula is C24H31N3O.